The fourth-order valence-corrected chi connectivity index (χ4v) is 4.03. The van der Waals surface area contributed by atoms with E-state index in [-0.39, 0.29) is 18.0 Å². The van der Waals surface area contributed by atoms with Gasteiger partial charge in [0.05, 0.1) is 19.7 Å². The van der Waals surface area contributed by atoms with E-state index < -0.39 is 0 Å². The largest absolute Gasteiger partial charge is 0.348 e. The Morgan fingerprint density at radius 3 is 2.45 bits per heavy atom. The molecule has 1 fully saturated rings. The van der Waals surface area contributed by atoms with Gasteiger partial charge in [-0.15, -0.1) is 0 Å². The topological polar surface area (TPSA) is 87.7 Å². The van der Waals surface area contributed by atoms with Crippen LogP contribution in [0.2, 0.25) is 0 Å². The Bertz CT molecular complexity index is 1070. The lowest BCUT2D eigenvalue weighted by Crippen LogP contribution is -2.46. The summed E-state index contributed by atoms with van der Waals surface area (Å²) >= 11 is 0. The number of urea groups is 1. The minimum absolute atomic E-state index is 0.0707. The van der Waals surface area contributed by atoms with Crippen molar-refractivity contribution in [2.24, 2.45) is 0 Å². The summed E-state index contributed by atoms with van der Waals surface area (Å²) < 4.78 is 0. The number of carbonyl (C=O) groups is 2. The fraction of sp³-hybridized carbons (Fsp3) is 0.280. The van der Waals surface area contributed by atoms with E-state index in [2.05, 4.69) is 15.3 Å². The second-order valence-corrected chi connectivity index (χ2v) is 7.89. The molecular formula is C25H27N5O3. The summed E-state index contributed by atoms with van der Waals surface area (Å²) in [4.78, 5) is 41.4. The number of benzene rings is 1. The van der Waals surface area contributed by atoms with Crippen molar-refractivity contribution < 1.29 is 14.4 Å². The molecule has 0 atom stereocenters. The first kappa shape index (κ1) is 22.4. The van der Waals surface area contributed by atoms with Crippen LogP contribution >= 0.6 is 0 Å². The van der Waals surface area contributed by atoms with Gasteiger partial charge in [-0.2, -0.15) is 0 Å². The van der Waals surface area contributed by atoms with E-state index in [0.717, 1.165) is 36.9 Å². The van der Waals surface area contributed by atoms with Crippen LogP contribution in [0, 0.1) is 0 Å². The van der Waals surface area contributed by atoms with E-state index in [0.29, 0.717) is 17.9 Å². The number of nitrogens with zero attached hydrogens (tertiary/aromatic N) is 4. The van der Waals surface area contributed by atoms with Crippen molar-refractivity contribution >= 4 is 23.4 Å². The molecule has 33 heavy (non-hydrogen) atoms. The van der Waals surface area contributed by atoms with Crippen LogP contribution in [-0.2, 0) is 11.4 Å². The lowest BCUT2D eigenvalue weighted by Gasteiger charge is -2.32. The predicted octanol–water partition coefficient (Wildman–Crippen LogP) is 4.66. The fourth-order valence-electron chi connectivity index (χ4n) is 4.03. The van der Waals surface area contributed by atoms with E-state index in [1.54, 1.807) is 48.8 Å². The third kappa shape index (κ3) is 5.53. The number of pyridine rings is 2. The number of aromatic nitrogens is 2. The second-order valence-electron chi connectivity index (χ2n) is 7.89. The maximum absolute atomic E-state index is 13.5. The molecule has 3 amide bonds. The molecule has 170 valence electrons. The monoisotopic (exact) mass is 445 g/mol. The lowest BCUT2D eigenvalue weighted by atomic mass is 10.2. The highest BCUT2D eigenvalue weighted by Crippen LogP contribution is 2.27. The Morgan fingerprint density at radius 2 is 1.76 bits per heavy atom. The van der Waals surface area contributed by atoms with E-state index in [1.165, 1.54) is 5.06 Å². The van der Waals surface area contributed by atoms with Crippen LogP contribution in [0.15, 0.2) is 73.2 Å². The number of carbonyl (C=O) groups excluding carboxylic acids is 2. The third-order valence-corrected chi connectivity index (χ3v) is 5.69. The Hall–Kier alpha value is -3.78. The Labute approximate surface area is 193 Å². The molecule has 0 bridgehead atoms. The number of para-hydroxylation sites is 1. The maximum Gasteiger partial charge on any atom is 0.348 e. The van der Waals surface area contributed by atoms with Crippen LogP contribution in [0.25, 0.3) is 0 Å². The Morgan fingerprint density at radius 1 is 1.03 bits per heavy atom. The summed E-state index contributed by atoms with van der Waals surface area (Å²) in [6.07, 6.45) is 8.80. The summed E-state index contributed by atoms with van der Waals surface area (Å²) in [6, 6.07) is 16.2. The SMILES string of the molecule is CON(C(=O)N(Cc1ccnc(NC(=O)c2ccncc2)c1)c1ccccc1)C1CCCC1. The summed E-state index contributed by atoms with van der Waals surface area (Å²) in [6.45, 7) is 0.302. The molecule has 1 saturated carbocycles. The van der Waals surface area contributed by atoms with Crippen LogP contribution in [-0.4, -0.2) is 40.1 Å². The molecule has 8 heteroatoms. The number of rotatable bonds is 7. The molecule has 4 rings (SSSR count). The molecule has 0 aliphatic heterocycles. The minimum atomic E-state index is -0.273. The van der Waals surface area contributed by atoms with Gasteiger partial charge in [0.15, 0.2) is 0 Å². The van der Waals surface area contributed by atoms with Crippen molar-refractivity contribution in [2.45, 2.75) is 38.3 Å². The van der Waals surface area contributed by atoms with E-state index >= 15 is 0 Å². The quantitative estimate of drug-likeness (QED) is 0.535. The van der Waals surface area contributed by atoms with Crippen molar-refractivity contribution in [3.63, 3.8) is 0 Å². The number of amides is 3. The van der Waals surface area contributed by atoms with Crippen LogP contribution in [0.3, 0.4) is 0 Å². The standard InChI is InChI=1S/C25H27N5O3/c1-33-30(22-9-5-6-10-22)25(32)29(21-7-3-2-4-8-21)18-19-11-16-27-23(17-19)28-24(31)20-12-14-26-15-13-20/h2-4,7-8,11-17,22H,5-6,9-10,18H2,1H3,(H,27,28,31). The van der Waals surface area contributed by atoms with Crippen molar-refractivity contribution in [3.8, 4) is 0 Å². The second kappa shape index (κ2) is 10.7. The zero-order valence-corrected chi connectivity index (χ0v) is 18.6. The van der Waals surface area contributed by atoms with Crippen LogP contribution in [0.4, 0.5) is 16.3 Å². The molecule has 8 nitrogen and oxygen atoms in total. The number of hydroxylamine groups is 2. The average Bonchev–Trinajstić information content (AvgIpc) is 3.39. The highest BCUT2D eigenvalue weighted by atomic mass is 16.7. The van der Waals surface area contributed by atoms with Gasteiger partial charge in [-0.25, -0.2) is 14.8 Å². The van der Waals surface area contributed by atoms with Gasteiger partial charge >= 0.3 is 6.03 Å². The smallest absolute Gasteiger partial charge is 0.307 e. The van der Waals surface area contributed by atoms with Crippen molar-refractivity contribution in [3.05, 3.63) is 84.3 Å². The number of hydrogen-bond donors (Lipinski definition) is 1. The average molecular weight is 446 g/mol. The molecule has 0 spiro atoms. The van der Waals surface area contributed by atoms with Gasteiger partial charge in [0.1, 0.15) is 5.82 Å². The molecule has 0 unspecified atom stereocenters. The summed E-state index contributed by atoms with van der Waals surface area (Å²) in [7, 11) is 1.54. The molecule has 0 saturated heterocycles. The van der Waals surface area contributed by atoms with Gasteiger partial charge in [0, 0.05) is 29.8 Å². The molecule has 1 aliphatic rings. The summed E-state index contributed by atoms with van der Waals surface area (Å²) in [5.41, 5.74) is 2.09. The van der Waals surface area contributed by atoms with Gasteiger partial charge in [-0.1, -0.05) is 31.0 Å². The molecule has 1 aliphatic carbocycles. The van der Waals surface area contributed by atoms with Gasteiger partial charge in [-0.3, -0.25) is 19.5 Å². The van der Waals surface area contributed by atoms with Crippen LogP contribution in [0.1, 0.15) is 41.6 Å². The zero-order chi connectivity index (χ0) is 23.0. The van der Waals surface area contributed by atoms with E-state index in [4.69, 9.17) is 4.84 Å². The molecule has 2 aromatic heterocycles. The number of nitrogens with one attached hydrogen (secondary N) is 1. The van der Waals surface area contributed by atoms with Crippen LogP contribution in [0.5, 0.6) is 0 Å². The highest BCUT2D eigenvalue weighted by molar-refractivity contribution is 6.03. The molecular weight excluding hydrogens is 418 g/mol. The minimum Gasteiger partial charge on any atom is -0.307 e. The summed E-state index contributed by atoms with van der Waals surface area (Å²) in [5.74, 6) is 0.138. The zero-order valence-electron chi connectivity index (χ0n) is 18.6. The molecule has 2 heterocycles. The van der Waals surface area contributed by atoms with Crippen LogP contribution < -0.4 is 10.2 Å². The first-order chi connectivity index (χ1) is 16.2. The first-order valence-electron chi connectivity index (χ1n) is 11.0. The Kier molecular flexibility index (Phi) is 7.26. The summed E-state index contributed by atoms with van der Waals surface area (Å²) in [5, 5.41) is 4.30. The number of hydrogen-bond acceptors (Lipinski definition) is 5. The van der Waals surface area contributed by atoms with Crippen molar-refractivity contribution in [1.29, 1.82) is 0 Å². The van der Waals surface area contributed by atoms with Gasteiger partial charge in [-0.05, 0) is 54.8 Å². The number of anilines is 2. The van der Waals surface area contributed by atoms with Gasteiger partial charge in [0.25, 0.3) is 5.91 Å². The van der Waals surface area contributed by atoms with E-state index in [9.17, 15) is 9.59 Å². The molecule has 1 aromatic carbocycles. The Balaban J connectivity index is 1.55. The predicted molar refractivity (Wildman–Crippen MR) is 126 cm³/mol. The van der Waals surface area contributed by atoms with E-state index in [1.807, 2.05) is 36.4 Å². The third-order valence-electron chi connectivity index (χ3n) is 5.69. The maximum atomic E-state index is 13.5. The van der Waals surface area contributed by atoms with Gasteiger partial charge in [0.2, 0.25) is 0 Å². The van der Waals surface area contributed by atoms with Gasteiger partial charge < -0.3 is 5.32 Å². The van der Waals surface area contributed by atoms with Crippen molar-refractivity contribution in [2.75, 3.05) is 17.3 Å². The molecule has 0 radical (unpaired) electrons. The van der Waals surface area contributed by atoms with Crippen molar-refractivity contribution in [1.82, 2.24) is 15.0 Å². The molecule has 3 aromatic rings. The molecule has 1 N–H and O–H groups in total. The lowest BCUT2D eigenvalue weighted by molar-refractivity contribution is -0.112. The highest BCUT2D eigenvalue weighted by Gasteiger charge is 2.31. The first-order valence-corrected chi connectivity index (χ1v) is 11.0. The normalized spacial score (nSPS) is 13.5.